The molecule has 0 amide bonds. The Morgan fingerprint density at radius 1 is 1.60 bits per heavy atom. The van der Waals surface area contributed by atoms with E-state index in [1.807, 2.05) is 14.0 Å². The Morgan fingerprint density at radius 3 is 3.13 bits per heavy atom. The zero-order valence-corrected chi connectivity index (χ0v) is 9.19. The highest BCUT2D eigenvalue weighted by Gasteiger charge is 2.20. The molecular formula is C10H17N3O2. The van der Waals surface area contributed by atoms with E-state index < -0.39 is 0 Å². The molecule has 5 nitrogen and oxygen atoms in total. The molecule has 0 radical (unpaired) electrons. The normalized spacial score (nSPS) is 23.2. The maximum absolute atomic E-state index is 5.31. The van der Waals surface area contributed by atoms with E-state index >= 15 is 0 Å². The molecule has 2 unspecified atom stereocenters. The summed E-state index contributed by atoms with van der Waals surface area (Å²) in [6.07, 6.45) is 1.96. The van der Waals surface area contributed by atoms with Gasteiger partial charge in [0.25, 0.3) is 0 Å². The number of nitrogens with zero attached hydrogens (tertiary/aromatic N) is 2. The lowest BCUT2D eigenvalue weighted by molar-refractivity contribution is 0.185. The molecule has 1 N–H and O–H groups in total. The molecule has 5 heteroatoms. The van der Waals surface area contributed by atoms with Crippen LogP contribution in [0.15, 0.2) is 4.52 Å². The van der Waals surface area contributed by atoms with Gasteiger partial charge in [-0.25, -0.2) is 0 Å². The van der Waals surface area contributed by atoms with Crippen LogP contribution in [0.2, 0.25) is 0 Å². The summed E-state index contributed by atoms with van der Waals surface area (Å²) in [7, 11) is 1.87. The molecule has 0 spiro atoms. The van der Waals surface area contributed by atoms with Crippen molar-refractivity contribution in [2.75, 3.05) is 20.3 Å². The smallest absolute Gasteiger partial charge is 0.243 e. The molecule has 2 rings (SSSR count). The molecule has 2 atom stereocenters. The fourth-order valence-corrected chi connectivity index (χ4v) is 1.65. The summed E-state index contributed by atoms with van der Waals surface area (Å²) in [6, 6.07) is 0.117. The van der Waals surface area contributed by atoms with E-state index in [0.29, 0.717) is 11.8 Å². The summed E-state index contributed by atoms with van der Waals surface area (Å²) in [6.45, 7) is 3.68. The molecule has 0 saturated carbocycles. The summed E-state index contributed by atoms with van der Waals surface area (Å²) in [5.74, 6) is 2.01. The Kier molecular flexibility index (Phi) is 3.33. The number of rotatable bonds is 4. The zero-order valence-electron chi connectivity index (χ0n) is 9.19. The van der Waals surface area contributed by atoms with Crippen molar-refractivity contribution in [2.24, 2.45) is 5.92 Å². The SMILES string of the molecule is CNC(C)c1nc(CC2CCOC2)no1. The van der Waals surface area contributed by atoms with Crippen molar-refractivity contribution >= 4 is 0 Å². The molecular weight excluding hydrogens is 194 g/mol. The minimum atomic E-state index is 0.117. The molecule has 1 aromatic rings. The van der Waals surface area contributed by atoms with E-state index in [4.69, 9.17) is 9.26 Å². The highest BCUT2D eigenvalue weighted by Crippen LogP contribution is 2.17. The van der Waals surface area contributed by atoms with Crippen LogP contribution in [-0.4, -0.2) is 30.4 Å². The number of hydrogen-bond donors (Lipinski definition) is 1. The highest BCUT2D eigenvalue weighted by molar-refractivity contribution is 4.92. The quantitative estimate of drug-likeness (QED) is 0.802. The van der Waals surface area contributed by atoms with Crippen LogP contribution in [0.5, 0.6) is 0 Å². The number of aromatic nitrogens is 2. The van der Waals surface area contributed by atoms with Gasteiger partial charge in [0.05, 0.1) is 6.04 Å². The van der Waals surface area contributed by atoms with E-state index in [-0.39, 0.29) is 6.04 Å². The lowest BCUT2D eigenvalue weighted by Crippen LogP contribution is -2.12. The predicted molar refractivity (Wildman–Crippen MR) is 54.4 cm³/mol. The predicted octanol–water partition coefficient (Wildman–Crippen LogP) is 0.929. The minimum absolute atomic E-state index is 0.117. The molecule has 15 heavy (non-hydrogen) atoms. The van der Waals surface area contributed by atoms with Gasteiger partial charge in [-0.3, -0.25) is 0 Å². The fraction of sp³-hybridized carbons (Fsp3) is 0.800. The largest absolute Gasteiger partial charge is 0.381 e. The molecule has 0 aromatic carbocycles. The van der Waals surface area contributed by atoms with Crippen LogP contribution in [0.4, 0.5) is 0 Å². The van der Waals surface area contributed by atoms with Gasteiger partial charge < -0.3 is 14.6 Å². The monoisotopic (exact) mass is 211 g/mol. The van der Waals surface area contributed by atoms with Crippen molar-refractivity contribution in [3.8, 4) is 0 Å². The summed E-state index contributed by atoms with van der Waals surface area (Å²) in [4.78, 5) is 4.35. The minimum Gasteiger partial charge on any atom is -0.381 e. The summed E-state index contributed by atoms with van der Waals surface area (Å²) < 4.78 is 10.5. The van der Waals surface area contributed by atoms with Gasteiger partial charge in [-0.2, -0.15) is 4.98 Å². The van der Waals surface area contributed by atoms with Gasteiger partial charge in [0, 0.05) is 19.6 Å². The van der Waals surface area contributed by atoms with Crippen molar-refractivity contribution in [3.05, 3.63) is 11.7 Å². The van der Waals surface area contributed by atoms with E-state index in [1.54, 1.807) is 0 Å². The average molecular weight is 211 g/mol. The van der Waals surface area contributed by atoms with Crippen LogP contribution in [0, 0.1) is 5.92 Å². The summed E-state index contributed by atoms with van der Waals surface area (Å²) >= 11 is 0. The average Bonchev–Trinajstić information content (AvgIpc) is 2.88. The van der Waals surface area contributed by atoms with Crippen molar-refractivity contribution in [1.82, 2.24) is 15.5 Å². The van der Waals surface area contributed by atoms with Crippen molar-refractivity contribution in [1.29, 1.82) is 0 Å². The van der Waals surface area contributed by atoms with Crippen LogP contribution in [0.25, 0.3) is 0 Å². The van der Waals surface area contributed by atoms with E-state index in [9.17, 15) is 0 Å². The standard InChI is InChI=1S/C10H17N3O2/c1-7(11-2)10-12-9(13-15-10)5-8-3-4-14-6-8/h7-8,11H,3-6H2,1-2H3. The lowest BCUT2D eigenvalue weighted by Gasteiger charge is -2.02. The van der Waals surface area contributed by atoms with Crippen LogP contribution < -0.4 is 5.32 Å². The van der Waals surface area contributed by atoms with E-state index in [2.05, 4.69) is 15.5 Å². The molecule has 0 bridgehead atoms. The van der Waals surface area contributed by atoms with Gasteiger partial charge in [-0.1, -0.05) is 5.16 Å². The Hall–Kier alpha value is -0.940. The third-order valence-electron chi connectivity index (χ3n) is 2.78. The Bertz CT molecular complexity index is 307. The second kappa shape index (κ2) is 4.72. The van der Waals surface area contributed by atoms with Crippen LogP contribution in [-0.2, 0) is 11.2 Å². The van der Waals surface area contributed by atoms with Crippen molar-refractivity contribution in [3.63, 3.8) is 0 Å². The molecule has 84 valence electrons. The van der Waals surface area contributed by atoms with Gasteiger partial charge >= 0.3 is 0 Å². The first kappa shape index (κ1) is 10.6. The molecule has 2 heterocycles. The Balaban J connectivity index is 1.94. The van der Waals surface area contributed by atoms with Crippen molar-refractivity contribution in [2.45, 2.75) is 25.8 Å². The Labute approximate surface area is 89.2 Å². The van der Waals surface area contributed by atoms with Crippen LogP contribution >= 0.6 is 0 Å². The first-order valence-corrected chi connectivity index (χ1v) is 5.37. The van der Waals surface area contributed by atoms with Gasteiger partial charge in [0.1, 0.15) is 0 Å². The van der Waals surface area contributed by atoms with Gasteiger partial charge in [0.15, 0.2) is 5.82 Å². The maximum atomic E-state index is 5.31. The third-order valence-corrected chi connectivity index (χ3v) is 2.78. The van der Waals surface area contributed by atoms with Gasteiger partial charge in [-0.05, 0) is 26.3 Å². The van der Waals surface area contributed by atoms with E-state index in [1.165, 1.54) is 0 Å². The molecule has 1 aliphatic rings. The Morgan fingerprint density at radius 2 is 2.47 bits per heavy atom. The highest BCUT2D eigenvalue weighted by atomic mass is 16.5. The first-order chi connectivity index (χ1) is 7.29. The van der Waals surface area contributed by atoms with Crippen LogP contribution in [0.1, 0.15) is 31.1 Å². The first-order valence-electron chi connectivity index (χ1n) is 5.37. The topological polar surface area (TPSA) is 60.2 Å². The molecule has 1 fully saturated rings. The van der Waals surface area contributed by atoms with Crippen molar-refractivity contribution < 1.29 is 9.26 Å². The van der Waals surface area contributed by atoms with E-state index in [0.717, 1.165) is 31.9 Å². The van der Waals surface area contributed by atoms with Gasteiger partial charge in [-0.15, -0.1) is 0 Å². The molecule has 1 aromatic heterocycles. The second-order valence-corrected chi connectivity index (χ2v) is 3.99. The summed E-state index contributed by atoms with van der Waals surface area (Å²) in [5, 5.41) is 7.03. The number of hydrogen-bond acceptors (Lipinski definition) is 5. The lowest BCUT2D eigenvalue weighted by atomic mass is 10.1. The van der Waals surface area contributed by atoms with Crippen LogP contribution in [0.3, 0.4) is 0 Å². The maximum Gasteiger partial charge on any atom is 0.243 e. The molecule has 1 saturated heterocycles. The number of nitrogens with one attached hydrogen (secondary N) is 1. The zero-order chi connectivity index (χ0) is 10.7. The number of ether oxygens (including phenoxy) is 1. The molecule has 1 aliphatic heterocycles. The third kappa shape index (κ3) is 2.54. The second-order valence-electron chi connectivity index (χ2n) is 3.99. The summed E-state index contributed by atoms with van der Waals surface area (Å²) in [5.41, 5.74) is 0. The fourth-order valence-electron chi connectivity index (χ4n) is 1.65. The molecule has 0 aliphatic carbocycles. The van der Waals surface area contributed by atoms with Gasteiger partial charge in [0.2, 0.25) is 5.89 Å².